The van der Waals surface area contributed by atoms with Gasteiger partial charge in [-0.15, -0.1) is 0 Å². The molecular weight excluding hydrogens is 463 g/mol. The van der Waals surface area contributed by atoms with E-state index in [9.17, 15) is 13.2 Å². The van der Waals surface area contributed by atoms with Crippen molar-refractivity contribution in [3.8, 4) is 0 Å². The van der Waals surface area contributed by atoms with Crippen LogP contribution < -0.4 is 10.0 Å². The standard InChI is InChI=1S/C19H19IN2O3S/c1-3-4-5-9-19(23)21-15-7-6-8-16(13-15)26(24,25)22-18-12-14(2)10-11-17(18)20/h3-13,22H,1-2H3,(H,21,23)/b4-3+,9-5+. The van der Waals surface area contributed by atoms with Crippen molar-refractivity contribution < 1.29 is 13.2 Å². The van der Waals surface area contributed by atoms with Gasteiger partial charge in [0.15, 0.2) is 0 Å². The van der Waals surface area contributed by atoms with E-state index in [-0.39, 0.29) is 10.8 Å². The third kappa shape index (κ3) is 5.70. The number of aryl methyl sites for hydroxylation is 1. The minimum absolute atomic E-state index is 0.0741. The fourth-order valence-electron chi connectivity index (χ4n) is 2.10. The van der Waals surface area contributed by atoms with Crippen LogP contribution >= 0.6 is 22.6 Å². The number of anilines is 2. The van der Waals surface area contributed by atoms with E-state index >= 15 is 0 Å². The maximum atomic E-state index is 12.7. The number of hydrogen-bond donors (Lipinski definition) is 2. The first kappa shape index (κ1) is 20.2. The molecule has 0 saturated carbocycles. The molecule has 0 fully saturated rings. The summed E-state index contributed by atoms with van der Waals surface area (Å²) in [5.74, 6) is -0.334. The Morgan fingerprint density at radius 3 is 2.62 bits per heavy atom. The van der Waals surface area contributed by atoms with Crippen LogP contribution in [0, 0.1) is 10.5 Å². The Morgan fingerprint density at radius 1 is 1.12 bits per heavy atom. The van der Waals surface area contributed by atoms with Gasteiger partial charge >= 0.3 is 0 Å². The molecule has 0 saturated heterocycles. The van der Waals surface area contributed by atoms with Crippen LogP contribution in [-0.2, 0) is 14.8 Å². The summed E-state index contributed by atoms with van der Waals surface area (Å²) in [6.07, 6.45) is 6.51. The molecule has 136 valence electrons. The average Bonchev–Trinajstić information content (AvgIpc) is 2.58. The van der Waals surface area contributed by atoms with Gasteiger partial charge in [0.2, 0.25) is 5.91 Å². The average molecular weight is 482 g/mol. The van der Waals surface area contributed by atoms with Gasteiger partial charge in [-0.25, -0.2) is 8.42 Å². The first-order valence-corrected chi connectivity index (χ1v) is 10.4. The molecule has 1 amide bonds. The highest BCUT2D eigenvalue weighted by Gasteiger charge is 2.16. The van der Waals surface area contributed by atoms with Crippen molar-refractivity contribution in [3.63, 3.8) is 0 Å². The second kappa shape index (κ2) is 9.00. The molecule has 0 radical (unpaired) electrons. The molecule has 26 heavy (non-hydrogen) atoms. The van der Waals surface area contributed by atoms with Gasteiger partial charge in [-0.05, 0) is 72.3 Å². The maximum Gasteiger partial charge on any atom is 0.262 e. The molecular formula is C19H19IN2O3S. The van der Waals surface area contributed by atoms with E-state index in [1.807, 2.05) is 26.0 Å². The molecule has 0 unspecified atom stereocenters. The zero-order valence-electron chi connectivity index (χ0n) is 14.4. The van der Waals surface area contributed by atoms with Crippen molar-refractivity contribution in [3.05, 3.63) is 75.9 Å². The summed E-state index contributed by atoms with van der Waals surface area (Å²) in [5.41, 5.74) is 1.88. The summed E-state index contributed by atoms with van der Waals surface area (Å²) in [6, 6.07) is 11.7. The molecule has 0 aliphatic carbocycles. The number of rotatable bonds is 6. The molecule has 0 aliphatic heterocycles. The zero-order valence-corrected chi connectivity index (χ0v) is 17.3. The van der Waals surface area contributed by atoms with Gasteiger partial charge in [-0.3, -0.25) is 9.52 Å². The topological polar surface area (TPSA) is 75.3 Å². The largest absolute Gasteiger partial charge is 0.322 e. The molecule has 0 aromatic heterocycles. The minimum atomic E-state index is -3.77. The fraction of sp³-hybridized carbons (Fsp3) is 0.105. The van der Waals surface area contributed by atoms with Crippen LogP contribution in [0.5, 0.6) is 0 Å². The van der Waals surface area contributed by atoms with Crippen molar-refractivity contribution in [1.82, 2.24) is 0 Å². The minimum Gasteiger partial charge on any atom is -0.322 e. The van der Waals surface area contributed by atoms with Gasteiger partial charge in [0.25, 0.3) is 10.0 Å². The van der Waals surface area contributed by atoms with E-state index < -0.39 is 10.0 Å². The molecule has 7 heteroatoms. The van der Waals surface area contributed by atoms with Crippen LogP contribution in [0.4, 0.5) is 11.4 Å². The lowest BCUT2D eigenvalue weighted by atomic mass is 10.2. The third-order valence-corrected chi connectivity index (χ3v) is 5.63. The first-order valence-electron chi connectivity index (χ1n) is 7.81. The molecule has 5 nitrogen and oxygen atoms in total. The van der Waals surface area contributed by atoms with E-state index in [1.165, 1.54) is 18.2 Å². The molecule has 0 aliphatic rings. The molecule has 0 spiro atoms. The van der Waals surface area contributed by atoms with Crippen LogP contribution in [0.15, 0.2) is 71.7 Å². The Labute approximate surface area is 167 Å². The van der Waals surface area contributed by atoms with Gasteiger partial charge in [0.05, 0.1) is 10.6 Å². The van der Waals surface area contributed by atoms with Crippen LogP contribution in [-0.4, -0.2) is 14.3 Å². The smallest absolute Gasteiger partial charge is 0.262 e. The molecule has 0 atom stereocenters. The van der Waals surface area contributed by atoms with Crippen molar-refractivity contribution in [2.75, 3.05) is 10.0 Å². The van der Waals surface area contributed by atoms with Gasteiger partial charge in [-0.1, -0.05) is 30.4 Å². The predicted octanol–water partition coefficient (Wildman–Crippen LogP) is 4.47. The van der Waals surface area contributed by atoms with E-state index in [2.05, 4.69) is 32.6 Å². The molecule has 2 aromatic rings. The normalized spacial score (nSPS) is 11.8. The summed E-state index contributed by atoms with van der Waals surface area (Å²) in [5, 5.41) is 2.64. The number of carbonyl (C=O) groups is 1. The highest BCUT2D eigenvalue weighted by atomic mass is 127. The number of benzene rings is 2. The number of nitrogens with one attached hydrogen (secondary N) is 2. The SMILES string of the molecule is C/C=C/C=C/C(=O)Nc1cccc(S(=O)(=O)Nc2cc(C)ccc2I)c1. The second-order valence-electron chi connectivity index (χ2n) is 5.49. The molecule has 2 N–H and O–H groups in total. The number of allylic oxidation sites excluding steroid dienone is 3. The Balaban J connectivity index is 2.22. The van der Waals surface area contributed by atoms with Crippen molar-refractivity contribution >= 4 is 49.9 Å². The van der Waals surface area contributed by atoms with Crippen molar-refractivity contribution in [2.45, 2.75) is 18.7 Å². The van der Waals surface area contributed by atoms with Crippen LogP contribution in [0.25, 0.3) is 0 Å². The summed E-state index contributed by atoms with van der Waals surface area (Å²) in [7, 11) is -3.77. The van der Waals surface area contributed by atoms with Gasteiger partial charge in [0.1, 0.15) is 0 Å². The van der Waals surface area contributed by atoms with E-state index in [0.717, 1.165) is 9.13 Å². The Hall–Kier alpha value is -2.13. The van der Waals surface area contributed by atoms with Crippen LogP contribution in [0.3, 0.4) is 0 Å². The monoisotopic (exact) mass is 482 g/mol. The highest BCUT2D eigenvalue weighted by Crippen LogP contribution is 2.24. The number of sulfonamides is 1. The number of halogens is 1. The van der Waals surface area contributed by atoms with E-state index in [4.69, 9.17) is 0 Å². The zero-order chi connectivity index (χ0) is 19.2. The van der Waals surface area contributed by atoms with Crippen molar-refractivity contribution in [1.29, 1.82) is 0 Å². The molecule has 0 heterocycles. The van der Waals surface area contributed by atoms with Gasteiger partial charge in [-0.2, -0.15) is 0 Å². The third-order valence-electron chi connectivity index (χ3n) is 3.33. The van der Waals surface area contributed by atoms with Crippen LogP contribution in [0.2, 0.25) is 0 Å². The van der Waals surface area contributed by atoms with E-state index in [1.54, 1.807) is 36.4 Å². The maximum absolute atomic E-state index is 12.7. The van der Waals surface area contributed by atoms with E-state index in [0.29, 0.717) is 11.4 Å². The molecule has 2 rings (SSSR count). The second-order valence-corrected chi connectivity index (χ2v) is 8.34. The van der Waals surface area contributed by atoms with Crippen LogP contribution in [0.1, 0.15) is 12.5 Å². The molecule has 0 bridgehead atoms. The number of hydrogen-bond acceptors (Lipinski definition) is 3. The summed E-state index contributed by atoms with van der Waals surface area (Å²) in [4.78, 5) is 11.9. The predicted molar refractivity (Wildman–Crippen MR) is 114 cm³/mol. The number of carbonyl (C=O) groups excluding carboxylic acids is 1. The lowest BCUT2D eigenvalue weighted by Gasteiger charge is -2.11. The quantitative estimate of drug-likeness (QED) is 0.363. The summed E-state index contributed by atoms with van der Waals surface area (Å²) >= 11 is 2.08. The fourth-order valence-corrected chi connectivity index (χ4v) is 3.87. The van der Waals surface area contributed by atoms with Gasteiger partial charge < -0.3 is 5.32 Å². The highest BCUT2D eigenvalue weighted by molar-refractivity contribution is 14.1. The summed E-state index contributed by atoms with van der Waals surface area (Å²) < 4.78 is 28.7. The van der Waals surface area contributed by atoms with Crippen molar-refractivity contribution in [2.24, 2.45) is 0 Å². The first-order chi connectivity index (χ1) is 12.3. The number of amides is 1. The summed E-state index contributed by atoms with van der Waals surface area (Å²) in [6.45, 7) is 3.74. The Kier molecular flexibility index (Phi) is 6.98. The van der Waals surface area contributed by atoms with Gasteiger partial charge in [0, 0.05) is 15.3 Å². The Bertz CT molecular complexity index is 966. The lowest BCUT2D eigenvalue weighted by Crippen LogP contribution is -2.15. The Morgan fingerprint density at radius 2 is 1.88 bits per heavy atom. The molecule has 2 aromatic carbocycles. The lowest BCUT2D eigenvalue weighted by molar-refractivity contribution is -0.111.